The quantitative estimate of drug-likeness (QED) is 0.512. The van der Waals surface area contributed by atoms with Gasteiger partial charge in [0.2, 0.25) is 5.91 Å². The summed E-state index contributed by atoms with van der Waals surface area (Å²) in [6.07, 6.45) is 3.18. The zero-order valence-corrected chi connectivity index (χ0v) is 19.3. The number of rotatable bonds is 12. The van der Waals surface area contributed by atoms with Gasteiger partial charge in [-0.2, -0.15) is 0 Å². The third-order valence-electron chi connectivity index (χ3n) is 5.38. The molecule has 31 heavy (non-hydrogen) atoms. The van der Waals surface area contributed by atoms with E-state index in [1.54, 1.807) is 4.90 Å². The van der Waals surface area contributed by atoms with Gasteiger partial charge in [-0.3, -0.25) is 9.59 Å². The van der Waals surface area contributed by atoms with E-state index in [1.807, 2.05) is 69.3 Å². The largest absolute Gasteiger partial charge is 0.483 e. The lowest BCUT2D eigenvalue weighted by atomic mass is 10.1. The summed E-state index contributed by atoms with van der Waals surface area (Å²) in [6.45, 7) is 9.04. The van der Waals surface area contributed by atoms with Gasteiger partial charge in [0.25, 0.3) is 5.91 Å². The Morgan fingerprint density at radius 1 is 1.06 bits per heavy atom. The molecule has 0 aliphatic rings. The number of nitrogens with one attached hydrogen (secondary N) is 1. The highest BCUT2D eigenvalue weighted by molar-refractivity contribution is 5.88. The maximum Gasteiger partial charge on any atom is 0.261 e. The van der Waals surface area contributed by atoms with E-state index in [1.165, 1.54) is 0 Å². The predicted molar refractivity (Wildman–Crippen MR) is 125 cm³/mol. The fraction of sp³-hybridized carbons (Fsp3) is 0.462. The topological polar surface area (TPSA) is 58.6 Å². The van der Waals surface area contributed by atoms with Gasteiger partial charge < -0.3 is 15.0 Å². The van der Waals surface area contributed by atoms with Gasteiger partial charge in [0.1, 0.15) is 11.8 Å². The molecule has 168 valence electrons. The number of hydrogen-bond acceptors (Lipinski definition) is 3. The molecule has 1 atom stereocenters. The van der Waals surface area contributed by atoms with Crippen molar-refractivity contribution < 1.29 is 14.3 Å². The van der Waals surface area contributed by atoms with Crippen molar-refractivity contribution in [2.45, 2.75) is 59.4 Å². The van der Waals surface area contributed by atoms with E-state index in [2.05, 4.69) is 12.2 Å². The first-order valence-corrected chi connectivity index (χ1v) is 11.3. The molecule has 1 N–H and O–H groups in total. The Morgan fingerprint density at radius 3 is 2.45 bits per heavy atom. The zero-order valence-electron chi connectivity index (χ0n) is 19.3. The number of unbranched alkanes of at least 4 members (excludes halogenated alkanes) is 1. The smallest absolute Gasteiger partial charge is 0.261 e. The van der Waals surface area contributed by atoms with Gasteiger partial charge in [0, 0.05) is 13.1 Å². The second kappa shape index (κ2) is 12.8. The van der Waals surface area contributed by atoms with Crippen molar-refractivity contribution in [3.05, 3.63) is 65.2 Å². The zero-order chi connectivity index (χ0) is 22.6. The number of ether oxygens (including phenoxy) is 1. The minimum absolute atomic E-state index is 0.0859. The molecule has 2 rings (SSSR count). The van der Waals surface area contributed by atoms with E-state index in [4.69, 9.17) is 4.74 Å². The van der Waals surface area contributed by atoms with Crippen molar-refractivity contribution in [3.63, 3.8) is 0 Å². The number of amides is 2. The van der Waals surface area contributed by atoms with Crippen LogP contribution in [0.5, 0.6) is 5.75 Å². The summed E-state index contributed by atoms with van der Waals surface area (Å²) in [5.41, 5.74) is 3.28. The second-order valence-electron chi connectivity index (χ2n) is 7.95. The van der Waals surface area contributed by atoms with Gasteiger partial charge in [-0.25, -0.2) is 0 Å². The minimum atomic E-state index is -0.504. The average molecular weight is 425 g/mol. The molecular weight excluding hydrogens is 388 g/mol. The normalized spacial score (nSPS) is 11.6. The van der Waals surface area contributed by atoms with E-state index in [9.17, 15) is 9.59 Å². The molecule has 0 heterocycles. The molecule has 0 bridgehead atoms. The number of carbonyl (C=O) groups excluding carboxylic acids is 2. The Balaban J connectivity index is 2.11. The van der Waals surface area contributed by atoms with Crippen LogP contribution in [-0.2, 0) is 16.0 Å². The summed E-state index contributed by atoms with van der Waals surface area (Å²) in [5.74, 6) is 0.430. The fourth-order valence-corrected chi connectivity index (χ4v) is 3.59. The van der Waals surface area contributed by atoms with Gasteiger partial charge in [-0.05, 0) is 50.3 Å². The van der Waals surface area contributed by atoms with Crippen LogP contribution >= 0.6 is 0 Å². The van der Waals surface area contributed by atoms with Crippen molar-refractivity contribution >= 4 is 11.8 Å². The fourth-order valence-electron chi connectivity index (χ4n) is 3.59. The molecule has 0 radical (unpaired) electrons. The predicted octanol–water partition coefficient (Wildman–Crippen LogP) is 4.45. The van der Waals surface area contributed by atoms with E-state index < -0.39 is 6.04 Å². The lowest BCUT2D eigenvalue weighted by Gasteiger charge is -2.30. The first-order valence-electron chi connectivity index (χ1n) is 11.3. The Bertz CT molecular complexity index is 836. The van der Waals surface area contributed by atoms with E-state index in [0.717, 1.165) is 29.5 Å². The molecule has 0 aromatic heterocycles. The molecule has 5 heteroatoms. The lowest BCUT2D eigenvalue weighted by Crippen LogP contribution is -2.51. The van der Waals surface area contributed by atoms with Crippen LogP contribution in [0.2, 0.25) is 0 Å². The highest BCUT2D eigenvalue weighted by atomic mass is 16.5. The maximum absolute atomic E-state index is 13.2. The molecule has 0 saturated carbocycles. The van der Waals surface area contributed by atoms with Crippen LogP contribution in [0.15, 0.2) is 48.5 Å². The molecule has 0 spiro atoms. The lowest BCUT2D eigenvalue weighted by molar-refractivity contribution is -0.142. The maximum atomic E-state index is 13.2. The van der Waals surface area contributed by atoms with Crippen LogP contribution in [0.3, 0.4) is 0 Å². The van der Waals surface area contributed by atoms with Crippen LogP contribution in [0, 0.1) is 13.8 Å². The molecule has 2 aromatic rings. The standard InChI is InChI=1S/C26H36N2O3/c1-5-7-16-27-26(30)23(6-2)28(17-15-22-11-9-8-10-12-22)25(29)19-31-24-14-13-20(3)18-21(24)4/h8-14,18,23H,5-7,15-17,19H2,1-4H3,(H,27,30)/t23-/m0/s1. The van der Waals surface area contributed by atoms with Crippen LogP contribution in [0.4, 0.5) is 0 Å². The molecule has 0 saturated heterocycles. The number of carbonyl (C=O) groups is 2. The monoisotopic (exact) mass is 424 g/mol. The molecule has 2 aromatic carbocycles. The summed E-state index contributed by atoms with van der Waals surface area (Å²) in [7, 11) is 0. The van der Waals surface area contributed by atoms with Crippen molar-refractivity contribution in [1.82, 2.24) is 10.2 Å². The Kier molecular flexibility index (Phi) is 10.1. The average Bonchev–Trinajstić information content (AvgIpc) is 2.76. The summed E-state index contributed by atoms with van der Waals surface area (Å²) in [6, 6.07) is 15.4. The van der Waals surface area contributed by atoms with E-state index >= 15 is 0 Å². The summed E-state index contributed by atoms with van der Waals surface area (Å²) < 4.78 is 5.84. The summed E-state index contributed by atoms with van der Waals surface area (Å²) in [4.78, 5) is 27.7. The summed E-state index contributed by atoms with van der Waals surface area (Å²) in [5, 5.41) is 2.98. The number of benzene rings is 2. The minimum Gasteiger partial charge on any atom is -0.483 e. The van der Waals surface area contributed by atoms with Gasteiger partial charge in [0.05, 0.1) is 0 Å². The van der Waals surface area contributed by atoms with Crippen molar-refractivity contribution in [2.24, 2.45) is 0 Å². The van der Waals surface area contributed by atoms with Gasteiger partial charge in [-0.1, -0.05) is 68.3 Å². The third kappa shape index (κ3) is 7.74. The Hall–Kier alpha value is -2.82. The molecule has 0 aliphatic carbocycles. The third-order valence-corrected chi connectivity index (χ3v) is 5.38. The SMILES string of the molecule is CCCCNC(=O)[C@H](CC)N(CCc1ccccc1)C(=O)COc1ccc(C)cc1C. The van der Waals surface area contributed by atoms with Crippen LogP contribution in [0.1, 0.15) is 49.8 Å². The molecule has 0 aliphatic heterocycles. The first kappa shape index (κ1) is 24.4. The Labute approximate surface area is 186 Å². The van der Waals surface area contributed by atoms with Crippen LogP contribution in [0.25, 0.3) is 0 Å². The van der Waals surface area contributed by atoms with Crippen LogP contribution < -0.4 is 10.1 Å². The van der Waals surface area contributed by atoms with E-state index in [0.29, 0.717) is 31.7 Å². The van der Waals surface area contributed by atoms with Gasteiger partial charge in [-0.15, -0.1) is 0 Å². The van der Waals surface area contributed by atoms with Crippen molar-refractivity contribution in [2.75, 3.05) is 19.7 Å². The molecular formula is C26H36N2O3. The van der Waals surface area contributed by atoms with E-state index in [-0.39, 0.29) is 18.4 Å². The number of hydrogen-bond donors (Lipinski definition) is 1. The number of aryl methyl sites for hydroxylation is 2. The van der Waals surface area contributed by atoms with Crippen LogP contribution in [-0.4, -0.2) is 42.5 Å². The van der Waals surface area contributed by atoms with Gasteiger partial charge in [0.15, 0.2) is 6.61 Å². The molecule has 0 unspecified atom stereocenters. The Morgan fingerprint density at radius 2 is 1.81 bits per heavy atom. The number of nitrogens with zero attached hydrogens (tertiary/aromatic N) is 1. The molecule has 5 nitrogen and oxygen atoms in total. The van der Waals surface area contributed by atoms with Gasteiger partial charge >= 0.3 is 0 Å². The first-order chi connectivity index (χ1) is 15.0. The second-order valence-corrected chi connectivity index (χ2v) is 7.95. The highest BCUT2D eigenvalue weighted by Gasteiger charge is 2.28. The summed E-state index contributed by atoms with van der Waals surface area (Å²) >= 11 is 0. The van der Waals surface area contributed by atoms with Crippen molar-refractivity contribution in [1.29, 1.82) is 0 Å². The molecule has 2 amide bonds. The molecule has 0 fully saturated rings. The van der Waals surface area contributed by atoms with Crippen molar-refractivity contribution in [3.8, 4) is 5.75 Å². The highest BCUT2D eigenvalue weighted by Crippen LogP contribution is 2.19.